The number of nitrogens with zero attached hydrogens (tertiary/aromatic N) is 3. The maximum Gasteiger partial charge on any atom is 0.237 e. The molecular weight excluding hydrogens is 284 g/mol. The molecule has 0 aliphatic carbocycles. The highest BCUT2D eigenvalue weighted by molar-refractivity contribution is 8.00. The smallest absolute Gasteiger partial charge is 0.237 e. The fourth-order valence-electron chi connectivity index (χ4n) is 1.77. The maximum absolute atomic E-state index is 12.2. The predicted octanol–water partition coefficient (Wildman–Crippen LogP) is 2.89. The van der Waals surface area contributed by atoms with Crippen LogP contribution in [0.3, 0.4) is 0 Å². The molecule has 0 spiro atoms. The number of amides is 1. The second-order valence-corrected chi connectivity index (χ2v) is 5.85. The number of benzene rings is 1. The van der Waals surface area contributed by atoms with Crippen LogP contribution in [0.25, 0.3) is 0 Å². The number of thioether (sulfide) groups is 1. The van der Waals surface area contributed by atoms with E-state index in [1.54, 1.807) is 6.08 Å². The van der Waals surface area contributed by atoms with Gasteiger partial charge in [-0.2, -0.15) is 0 Å². The Morgan fingerprint density at radius 1 is 1.43 bits per heavy atom. The summed E-state index contributed by atoms with van der Waals surface area (Å²) < 4.78 is 1.93. The summed E-state index contributed by atoms with van der Waals surface area (Å²) in [6.45, 7) is 8.09. The third kappa shape index (κ3) is 3.95. The SMILES string of the molecule is C=CCn1c(C)nnc1S[C@@H](C)C(=O)Nc1ccccc1. The number of aromatic nitrogens is 3. The van der Waals surface area contributed by atoms with Crippen LogP contribution in [-0.2, 0) is 11.3 Å². The highest BCUT2D eigenvalue weighted by atomic mass is 32.2. The Kier molecular flexibility index (Phi) is 5.16. The van der Waals surface area contributed by atoms with E-state index in [0.717, 1.165) is 16.7 Å². The van der Waals surface area contributed by atoms with Crippen LogP contribution in [0.5, 0.6) is 0 Å². The molecule has 1 aromatic carbocycles. The molecule has 0 bridgehead atoms. The van der Waals surface area contributed by atoms with Crippen LogP contribution in [0.15, 0.2) is 48.1 Å². The summed E-state index contributed by atoms with van der Waals surface area (Å²) in [7, 11) is 0. The lowest BCUT2D eigenvalue weighted by molar-refractivity contribution is -0.115. The number of anilines is 1. The largest absolute Gasteiger partial charge is 0.325 e. The van der Waals surface area contributed by atoms with Gasteiger partial charge in [-0.25, -0.2) is 0 Å². The minimum Gasteiger partial charge on any atom is -0.325 e. The van der Waals surface area contributed by atoms with Gasteiger partial charge in [0.1, 0.15) is 5.82 Å². The summed E-state index contributed by atoms with van der Waals surface area (Å²) in [5.41, 5.74) is 0.790. The van der Waals surface area contributed by atoms with Gasteiger partial charge in [0, 0.05) is 12.2 Å². The molecule has 0 radical (unpaired) electrons. The molecule has 1 amide bonds. The Hall–Kier alpha value is -2.08. The number of hydrogen-bond acceptors (Lipinski definition) is 4. The number of rotatable bonds is 6. The molecule has 21 heavy (non-hydrogen) atoms. The number of aryl methyl sites for hydroxylation is 1. The molecule has 0 unspecified atom stereocenters. The summed E-state index contributed by atoms with van der Waals surface area (Å²) in [5.74, 6) is 0.755. The van der Waals surface area contributed by atoms with Crippen LogP contribution < -0.4 is 5.32 Å². The summed E-state index contributed by atoms with van der Waals surface area (Å²) in [5, 5.41) is 11.5. The zero-order valence-electron chi connectivity index (χ0n) is 12.1. The number of hydrogen-bond donors (Lipinski definition) is 1. The first-order valence-corrected chi connectivity index (χ1v) is 7.53. The van der Waals surface area contributed by atoms with Crippen LogP contribution in [0.2, 0.25) is 0 Å². The van der Waals surface area contributed by atoms with Crippen LogP contribution in [0.4, 0.5) is 5.69 Å². The Labute approximate surface area is 128 Å². The first-order chi connectivity index (χ1) is 10.1. The van der Waals surface area contributed by atoms with E-state index in [9.17, 15) is 4.79 Å². The predicted molar refractivity (Wildman–Crippen MR) is 85.3 cm³/mol. The maximum atomic E-state index is 12.2. The molecule has 1 aromatic heterocycles. The summed E-state index contributed by atoms with van der Waals surface area (Å²) in [4.78, 5) is 12.2. The van der Waals surface area contributed by atoms with Crippen molar-refractivity contribution in [1.82, 2.24) is 14.8 Å². The molecule has 0 saturated heterocycles. The van der Waals surface area contributed by atoms with E-state index in [0.29, 0.717) is 6.54 Å². The van der Waals surface area contributed by atoms with E-state index in [4.69, 9.17) is 0 Å². The molecule has 0 aliphatic heterocycles. The van der Waals surface area contributed by atoms with Gasteiger partial charge in [0.05, 0.1) is 5.25 Å². The highest BCUT2D eigenvalue weighted by Gasteiger charge is 2.18. The molecule has 0 saturated carbocycles. The molecule has 6 heteroatoms. The zero-order valence-corrected chi connectivity index (χ0v) is 12.9. The molecule has 0 aliphatic rings. The third-order valence-corrected chi connectivity index (χ3v) is 3.99. The quantitative estimate of drug-likeness (QED) is 0.658. The fourth-order valence-corrected chi connectivity index (χ4v) is 2.67. The molecule has 1 atom stereocenters. The van der Waals surface area contributed by atoms with E-state index in [1.807, 2.05) is 48.7 Å². The fraction of sp³-hybridized carbons (Fsp3) is 0.267. The van der Waals surface area contributed by atoms with Gasteiger partial charge >= 0.3 is 0 Å². The van der Waals surface area contributed by atoms with Crippen molar-refractivity contribution in [2.24, 2.45) is 0 Å². The van der Waals surface area contributed by atoms with Gasteiger partial charge in [0.25, 0.3) is 0 Å². The van der Waals surface area contributed by atoms with Gasteiger partial charge in [0.2, 0.25) is 5.91 Å². The Balaban J connectivity index is 2.02. The lowest BCUT2D eigenvalue weighted by atomic mass is 10.3. The second-order valence-electron chi connectivity index (χ2n) is 4.54. The average Bonchev–Trinajstić information content (AvgIpc) is 2.82. The molecule has 2 aromatic rings. The van der Waals surface area contributed by atoms with E-state index >= 15 is 0 Å². The van der Waals surface area contributed by atoms with Crippen molar-refractivity contribution >= 4 is 23.4 Å². The van der Waals surface area contributed by atoms with Crippen molar-refractivity contribution in [1.29, 1.82) is 0 Å². The van der Waals surface area contributed by atoms with Crippen molar-refractivity contribution in [3.8, 4) is 0 Å². The third-order valence-electron chi connectivity index (χ3n) is 2.91. The van der Waals surface area contributed by atoms with Crippen molar-refractivity contribution in [3.63, 3.8) is 0 Å². The van der Waals surface area contributed by atoms with Crippen molar-refractivity contribution in [2.75, 3.05) is 5.32 Å². The van der Waals surface area contributed by atoms with Gasteiger partial charge in [-0.1, -0.05) is 36.0 Å². The standard InChI is InChI=1S/C15H18N4OS/c1-4-10-19-12(3)17-18-15(19)21-11(2)14(20)16-13-8-6-5-7-9-13/h4-9,11H,1,10H2,2-3H3,(H,16,20)/t11-/m0/s1. The molecular formula is C15H18N4OS. The Morgan fingerprint density at radius 3 is 2.81 bits per heavy atom. The number of nitrogens with one attached hydrogen (secondary N) is 1. The topological polar surface area (TPSA) is 59.8 Å². The molecule has 110 valence electrons. The second kappa shape index (κ2) is 7.08. The van der Waals surface area contributed by atoms with E-state index in [1.165, 1.54) is 11.8 Å². The molecule has 0 fully saturated rings. The van der Waals surface area contributed by atoms with Gasteiger partial charge < -0.3 is 9.88 Å². The van der Waals surface area contributed by atoms with E-state index in [2.05, 4.69) is 22.1 Å². The molecule has 1 heterocycles. The zero-order chi connectivity index (χ0) is 15.2. The van der Waals surface area contributed by atoms with Crippen molar-refractivity contribution < 1.29 is 4.79 Å². The van der Waals surface area contributed by atoms with E-state index < -0.39 is 0 Å². The average molecular weight is 302 g/mol. The molecule has 2 rings (SSSR count). The first-order valence-electron chi connectivity index (χ1n) is 6.65. The van der Waals surface area contributed by atoms with Crippen molar-refractivity contribution in [3.05, 3.63) is 48.8 Å². The number of carbonyl (C=O) groups is 1. The normalized spacial score (nSPS) is 11.9. The lowest BCUT2D eigenvalue weighted by Crippen LogP contribution is -2.22. The van der Waals surface area contributed by atoms with Gasteiger partial charge in [-0.15, -0.1) is 16.8 Å². The number of allylic oxidation sites excluding steroid dienone is 1. The van der Waals surface area contributed by atoms with Crippen LogP contribution in [-0.4, -0.2) is 25.9 Å². The van der Waals surface area contributed by atoms with Gasteiger partial charge in [-0.05, 0) is 26.0 Å². The van der Waals surface area contributed by atoms with Gasteiger partial charge in [0.15, 0.2) is 5.16 Å². The summed E-state index contributed by atoms with van der Waals surface area (Å²) in [6.07, 6.45) is 1.79. The van der Waals surface area contributed by atoms with Crippen LogP contribution in [0, 0.1) is 6.92 Å². The number of para-hydroxylation sites is 1. The lowest BCUT2D eigenvalue weighted by Gasteiger charge is -2.12. The summed E-state index contributed by atoms with van der Waals surface area (Å²) >= 11 is 1.39. The highest BCUT2D eigenvalue weighted by Crippen LogP contribution is 2.23. The van der Waals surface area contributed by atoms with E-state index in [-0.39, 0.29) is 11.2 Å². The monoisotopic (exact) mass is 302 g/mol. The van der Waals surface area contributed by atoms with Crippen LogP contribution >= 0.6 is 11.8 Å². The summed E-state index contributed by atoms with van der Waals surface area (Å²) in [6, 6.07) is 9.41. The van der Waals surface area contributed by atoms with Gasteiger partial charge in [-0.3, -0.25) is 4.79 Å². The molecule has 5 nitrogen and oxygen atoms in total. The Morgan fingerprint density at radius 2 is 2.14 bits per heavy atom. The van der Waals surface area contributed by atoms with Crippen molar-refractivity contribution in [2.45, 2.75) is 30.8 Å². The Bertz CT molecular complexity index is 624. The molecule has 1 N–H and O–H groups in total. The number of carbonyl (C=O) groups excluding carboxylic acids is 1. The first kappa shape index (κ1) is 15.3. The minimum atomic E-state index is -0.266. The van der Waals surface area contributed by atoms with Crippen LogP contribution in [0.1, 0.15) is 12.7 Å². The minimum absolute atomic E-state index is 0.0583.